The fourth-order valence-electron chi connectivity index (χ4n) is 3.64. The van der Waals surface area contributed by atoms with Gasteiger partial charge in [-0.3, -0.25) is 9.59 Å². The summed E-state index contributed by atoms with van der Waals surface area (Å²) in [6.07, 6.45) is 5.00. The van der Waals surface area contributed by atoms with Crippen molar-refractivity contribution in [2.24, 2.45) is 0 Å². The van der Waals surface area contributed by atoms with Crippen molar-refractivity contribution in [2.75, 3.05) is 32.1 Å². The lowest BCUT2D eigenvalue weighted by Gasteiger charge is -2.19. The molecule has 0 aromatic heterocycles. The van der Waals surface area contributed by atoms with E-state index in [-0.39, 0.29) is 11.8 Å². The maximum absolute atomic E-state index is 12.7. The molecule has 0 aliphatic carbocycles. The maximum Gasteiger partial charge on any atom is 0.246 e. The molecule has 1 heterocycles. The van der Waals surface area contributed by atoms with Gasteiger partial charge in [-0.05, 0) is 62.3 Å². The van der Waals surface area contributed by atoms with Gasteiger partial charge in [-0.15, -0.1) is 0 Å². The molecule has 1 aliphatic rings. The summed E-state index contributed by atoms with van der Waals surface area (Å²) in [4.78, 5) is 30.3. The van der Waals surface area contributed by atoms with Crippen molar-refractivity contribution in [1.29, 1.82) is 0 Å². The lowest BCUT2D eigenvalue weighted by Crippen LogP contribution is -2.28. The van der Waals surface area contributed by atoms with Gasteiger partial charge >= 0.3 is 0 Å². The molecule has 0 spiro atoms. The molecule has 1 aliphatic heterocycles. The van der Waals surface area contributed by atoms with Crippen molar-refractivity contribution in [2.45, 2.75) is 32.9 Å². The summed E-state index contributed by atoms with van der Waals surface area (Å²) in [5.74, 6) is 0.176. The summed E-state index contributed by atoms with van der Waals surface area (Å²) in [7, 11) is 4.11. The van der Waals surface area contributed by atoms with Crippen LogP contribution in [-0.4, -0.2) is 48.8 Å². The Kier molecular flexibility index (Phi) is 7.41. The third-order valence-corrected chi connectivity index (χ3v) is 5.29. The molecule has 0 saturated carbocycles. The van der Waals surface area contributed by atoms with Gasteiger partial charge < -0.3 is 14.7 Å². The van der Waals surface area contributed by atoms with E-state index in [1.807, 2.05) is 47.1 Å². The molecule has 0 unspecified atom stereocenters. The second kappa shape index (κ2) is 10.2. The van der Waals surface area contributed by atoms with Gasteiger partial charge in [0.05, 0.1) is 0 Å². The third-order valence-electron chi connectivity index (χ3n) is 5.29. The first kappa shape index (κ1) is 21.8. The summed E-state index contributed by atoms with van der Waals surface area (Å²) in [6.45, 7) is 4.93. The molecule has 0 atom stereocenters. The van der Waals surface area contributed by atoms with Gasteiger partial charge in [0, 0.05) is 44.4 Å². The highest BCUT2D eigenvalue weighted by molar-refractivity contribution is 5.95. The van der Waals surface area contributed by atoms with Crippen LogP contribution in [0, 0.1) is 0 Å². The summed E-state index contributed by atoms with van der Waals surface area (Å²) in [6, 6.07) is 16.2. The molecule has 2 amide bonds. The van der Waals surface area contributed by atoms with Gasteiger partial charge in [-0.2, -0.15) is 0 Å². The van der Waals surface area contributed by atoms with Gasteiger partial charge in [0.15, 0.2) is 0 Å². The van der Waals surface area contributed by atoms with Crippen molar-refractivity contribution in [3.05, 3.63) is 71.3 Å². The first-order valence-corrected chi connectivity index (χ1v) is 10.6. The van der Waals surface area contributed by atoms with Crippen molar-refractivity contribution >= 4 is 23.6 Å². The lowest BCUT2D eigenvalue weighted by atomic mass is 10.1. The maximum atomic E-state index is 12.7. The Balaban J connectivity index is 1.59. The first-order chi connectivity index (χ1) is 14.5. The average Bonchev–Trinajstić information content (AvgIpc) is 3.17. The number of anilines is 1. The van der Waals surface area contributed by atoms with E-state index in [1.165, 1.54) is 5.56 Å². The molecule has 3 rings (SSSR count). The highest BCUT2D eigenvalue weighted by atomic mass is 16.2. The Bertz CT molecular complexity index is 886. The Hall–Kier alpha value is -2.92. The molecule has 158 valence electrons. The highest BCUT2D eigenvalue weighted by Gasteiger charge is 2.21. The van der Waals surface area contributed by atoms with Crippen LogP contribution in [0.25, 0.3) is 6.08 Å². The zero-order valence-electron chi connectivity index (χ0n) is 18.2. The van der Waals surface area contributed by atoms with E-state index in [0.29, 0.717) is 19.5 Å². The minimum Gasteiger partial charge on any atom is -0.335 e. The smallest absolute Gasteiger partial charge is 0.246 e. The molecular formula is C25H31N3O2. The second-order valence-electron chi connectivity index (χ2n) is 7.98. The highest BCUT2D eigenvalue weighted by Crippen LogP contribution is 2.22. The van der Waals surface area contributed by atoms with Crippen LogP contribution >= 0.6 is 0 Å². The van der Waals surface area contributed by atoms with Crippen molar-refractivity contribution in [3.8, 4) is 0 Å². The van der Waals surface area contributed by atoms with Gasteiger partial charge in [0.25, 0.3) is 0 Å². The lowest BCUT2D eigenvalue weighted by molar-refractivity contribution is -0.126. The molecule has 5 heteroatoms. The number of hydrogen-bond acceptors (Lipinski definition) is 3. The van der Waals surface area contributed by atoms with Crippen LogP contribution < -0.4 is 4.90 Å². The molecular weight excluding hydrogens is 374 g/mol. The molecule has 30 heavy (non-hydrogen) atoms. The fraction of sp³-hybridized carbons (Fsp3) is 0.360. The number of amides is 2. The predicted octanol–water partition coefficient (Wildman–Crippen LogP) is 3.94. The van der Waals surface area contributed by atoms with E-state index in [1.54, 1.807) is 6.08 Å². The van der Waals surface area contributed by atoms with Crippen molar-refractivity contribution < 1.29 is 9.59 Å². The van der Waals surface area contributed by atoms with Gasteiger partial charge in [-0.1, -0.05) is 36.4 Å². The number of carbonyl (C=O) groups excluding carboxylic acids is 2. The number of likely N-dealkylation sites (N-methyl/N-ethyl adjacent to an activating group) is 1. The standard InChI is InChI=1S/C25H31N3O2/c1-4-27(19-22-9-7-21(8-10-22)18-26(2)3)24(29)16-13-20-11-14-23(15-12-20)28-17-5-6-25(28)30/h7-16H,4-6,17-19H2,1-3H3. The number of rotatable bonds is 8. The number of carbonyl (C=O) groups is 2. The Morgan fingerprint density at radius 3 is 2.17 bits per heavy atom. The predicted molar refractivity (Wildman–Crippen MR) is 122 cm³/mol. The van der Waals surface area contributed by atoms with E-state index in [2.05, 4.69) is 43.3 Å². The Morgan fingerprint density at radius 2 is 1.63 bits per heavy atom. The van der Waals surface area contributed by atoms with Crippen LogP contribution in [0.4, 0.5) is 5.69 Å². The normalized spacial score (nSPS) is 14.1. The Morgan fingerprint density at radius 1 is 1.00 bits per heavy atom. The van der Waals surface area contributed by atoms with E-state index in [9.17, 15) is 9.59 Å². The summed E-state index contributed by atoms with van der Waals surface area (Å²) < 4.78 is 0. The Labute approximate surface area is 179 Å². The molecule has 1 fully saturated rings. The molecule has 0 radical (unpaired) electrons. The van der Waals surface area contributed by atoms with Gasteiger partial charge in [0.1, 0.15) is 0 Å². The van der Waals surface area contributed by atoms with Crippen LogP contribution in [0.15, 0.2) is 54.6 Å². The zero-order chi connectivity index (χ0) is 21.5. The topological polar surface area (TPSA) is 43.9 Å². The molecule has 5 nitrogen and oxygen atoms in total. The van der Waals surface area contributed by atoms with Gasteiger partial charge in [0.2, 0.25) is 11.8 Å². The zero-order valence-corrected chi connectivity index (χ0v) is 18.2. The molecule has 2 aromatic rings. The van der Waals surface area contributed by atoms with Crippen LogP contribution in [0.2, 0.25) is 0 Å². The molecule has 0 bridgehead atoms. The second-order valence-corrected chi connectivity index (χ2v) is 7.98. The van der Waals surface area contributed by atoms with Crippen LogP contribution in [-0.2, 0) is 22.7 Å². The minimum absolute atomic E-state index is 0.00587. The van der Waals surface area contributed by atoms with E-state index >= 15 is 0 Å². The molecule has 0 N–H and O–H groups in total. The van der Waals surface area contributed by atoms with Crippen LogP contribution in [0.5, 0.6) is 0 Å². The quantitative estimate of drug-likeness (QED) is 0.625. The van der Waals surface area contributed by atoms with Crippen LogP contribution in [0.3, 0.4) is 0 Å². The SMILES string of the molecule is CCN(Cc1ccc(CN(C)C)cc1)C(=O)C=Cc1ccc(N2CCCC2=O)cc1. The summed E-state index contributed by atoms with van der Waals surface area (Å²) in [5.41, 5.74) is 4.26. The summed E-state index contributed by atoms with van der Waals surface area (Å²) >= 11 is 0. The largest absolute Gasteiger partial charge is 0.335 e. The van der Waals surface area contributed by atoms with E-state index in [0.717, 1.165) is 36.3 Å². The average molecular weight is 406 g/mol. The van der Waals surface area contributed by atoms with Crippen LogP contribution in [0.1, 0.15) is 36.5 Å². The molecule has 1 saturated heterocycles. The first-order valence-electron chi connectivity index (χ1n) is 10.6. The van der Waals surface area contributed by atoms with E-state index in [4.69, 9.17) is 0 Å². The summed E-state index contributed by atoms with van der Waals surface area (Å²) in [5, 5.41) is 0. The minimum atomic E-state index is -0.00587. The van der Waals surface area contributed by atoms with Gasteiger partial charge in [-0.25, -0.2) is 0 Å². The van der Waals surface area contributed by atoms with Crippen molar-refractivity contribution in [1.82, 2.24) is 9.80 Å². The van der Waals surface area contributed by atoms with Crippen molar-refractivity contribution in [3.63, 3.8) is 0 Å². The number of nitrogens with zero attached hydrogens (tertiary/aromatic N) is 3. The monoisotopic (exact) mass is 405 g/mol. The number of hydrogen-bond donors (Lipinski definition) is 0. The van der Waals surface area contributed by atoms with E-state index < -0.39 is 0 Å². The third kappa shape index (κ3) is 5.80. The number of benzene rings is 2. The molecule has 2 aromatic carbocycles. The fourth-order valence-corrected chi connectivity index (χ4v) is 3.64.